The first-order chi connectivity index (χ1) is 29.7. The molecule has 60 heavy (non-hydrogen) atoms. The Balaban J connectivity index is 1.35. The van der Waals surface area contributed by atoms with E-state index in [-0.39, 0.29) is 5.38 Å². The maximum Gasteiger partial charge on any atom is 0.119 e. The highest BCUT2D eigenvalue weighted by molar-refractivity contribution is 6.22. The molecule has 0 N–H and O–H groups in total. The average molecular weight is 852 g/mol. The van der Waals surface area contributed by atoms with Crippen molar-refractivity contribution in [3.63, 3.8) is 0 Å². The van der Waals surface area contributed by atoms with Crippen LogP contribution in [0.3, 0.4) is 0 Å². The van der Waals surface area contributed by atoms with Gasteiger partial charge in [0.1, 0.15) is 11.5 Å². The first-order valence-electron chi connectivity index (χ1n) is 26.8. The molecule has 0 unspecified atom stereocenters. The molecular weight excluding hydrogens is 752 g/mol. The van der Waals surface area contributed by atoms with Gasteiger partial charge in [0.2, 0.25) is 0 Å². The van der Waals surface area contributed by atoms with Crippen LogP contribution in [0.2, 0.25) is 0 Å². The van der Waals surface area contributed by atoms with Crippen LogP contribution in [0, 0.1) is 0 Å². The predicted molar refractivity (Wildman–Crippen MR) is 268 cm³/mol. The van der Waals surface area contributed by atoms with E-state index >= 15 is 0 Å². The van der Waals surface area contributed by atoms with E-state index < -0.39 is 0 Å². The Morgan fingerprint density at radius 1 is 0.283 bits per heavy atom. The van der Waals surface area contributed by atoms with Gasteiger partial charge in [-0.25, -0.2) is 0 Å². The van der Waals surface area contributed by atoms with Gasteiger partial charge in [0.15, 0.2) is 0 Å². The van der Waals surface area contributed by atoms with Gasteiger partial charge in [-0.2, -0.15) is 0 Å². The SMILES string of the molecule is CCCCCCCCCCCCCCCCCCCCCCOc1ccc(C(Cl)c2ccc(OCCCCCCCCCCCCCCCCCCCCCC)cc2)cc1. The minimum absolute atomic E-state index is 0.179. The minimum Gasteiger partial charge on any atom is -0.494 e. The van der Waals surface area contributed by atoms with Crippen LogP contribution in [-0.2, 0) is 0 Å². The van der Waals surface area contributed by atoms with Gasteiger partial charge in [0.25, 0.3) is 0 Å². The lowest BCUT2D eigenvalue weighted by Gasteiger charge is -2.13. The highest BCUT2D eigenvalue weighted by atomic mass is 35.5. The minimum atomic E-state index is -0.179. The molecule has 0 saturated carbocycles. The Morgan fingerprint density at radius 2 is 0.467 bits per heavy atom. The topological polar surface area (TPSA) is 18.5 Å². The zero-order valence-electron chi connectivity index (χ0n) is 40.1. The van der Waals surface area contributed by atoms with Gasteiger partial charge in [-0.05, 0) is 48.2 Å². The van der Waals surface area contributed by atoms with Crippen LogP contribution in [0.15, 0.2) is 48.5 Å². The van der Waals surface area contributed by atoms with Crippen molar-refractivity contribution in [3.8, 4) is 11.5 Å². The van der Waals surface area contributed by atoms with Crippen molar-refractivity contribution in [2.24, 2.45) is 0 Å². The molecule has 0 bridgehead atoms. The molecule has 0 amide bonds. The van der Waals surface area contributed by atoms with Crippen molar-refractivity contribution in [3.05, 3.63) is 59.7 Å². The summed E-state index contributed by atoms with van der Waals surface area (Å²) in [6.07, 6.45) is 56.3. The van der Waals surface area contributed by atoms with Crippen LogP contribution in [0.25, 0.3) is 0 Å². The second-order valence-corrected chi connectivity index (χ2v) is 19.1. The molecule has 0 radical (unpaired) electrons. The van der Waals surface area contributed by atoms with E-state index in [1.54, 1.807) is 0 Å². The highest BCUT2D eigenvalue weighted by Gasteiger charge is 2.11. The van der Waals surface area contributed by atoms with Crippen molar-refractivity contribution in [1.82, 2.24) is 0 Å². The lowest BCUT2D eigenvalue weighted by molar-refractivity contribution is 0.304. The molecule has 346 valence electrons. The number of alkyl halides is 1. The summed E-state index contributed by atoms with van der Waals surface area (Å²) in [7, 11) is 0. The lowest BCUT2D eigenvalue weighted by Crippen LogP contribution is -1.99. The van der Waals surface area contributed by atoms with Gasteiger partial charge in [0, 0.05) is 0 Å². The second kappa shape index (κ2) is 42.6. The first-order valence-corrected chi connectivity index (χ1v) is 27.3. The maximum absolute atomic E-state index is 6.89. The van der Waals surface area contributed by atoms with E-state index in [1.165, 1.54) is 244 Å². The van der Waals surface area contributed by atoms with Gasteiger partial charge >= 0.3 is 0 Å². The van der Waals surface area contributed by atoms with E-state index in [0.717, 1.165) is 48.7 Å². The summed E-state index contributed by atoms with van der Waals surface area (Å²) in [4.78, 5) is 0. The molecule has 0 aliphatic rings. The molecular formula is C57H99ClO2. The van der Waals surface area contributed by atoms with E-state index in [2.05, 4.69) is 62.4 Å². The van der Waals surface area contributed by atoms with Gasteiger partial charge in [-0.15, -0.1) is 11.6 Å². The van der Waals surface area contributed by atoms with Gasteiger partial charge in [-0.3, -0.25) is 0 Å². The standard InChI is InChI=1S/C57H99ClO2/c1-3-5-7-9-11-13-15-17-19-21-23-25-27-29-31-33-35-37-39-41-51-59-55-47-43-53(44-48-55)57(58)54-45-49-56(50-46-54)60-52-42-40-38-36-34-32-30-28-26-24-22-20-18-16-14-12-10-8-6-4-2/h43-50,57H,3-42,51-52H2,1-2H3. The number of hydrogen-bond donors (Lipinski definition) is 0. The molecule has 0 aromatic heterocycles. The molecule has 2 aromatic carbocycles. The molecule has 3 heteroatoms. The zero-order chi connectivity index (χ0) is 42.7. The Bertz CT molecular complexity index is 1040. The number of hydrogen-bond acceptors (Lipinski definition) is 2. The van der Waals surface area contributed by atoms with Gasteiger partial charge in [-0.1, -0.05) is 282 Å². The molecule has 0 spiro atoms. The molecule has 0 aliphatic heterocycles. The van der Waals surface area contributed by atoms with Gasteiger partial charge in [0.05, 0.1) is 18.6 Å². The molecule has 0 atom stereocenters. The Kier molecular flexibility index (Phi) is 38.7. The van der Waals surface area contributed by atoms with E-state index in [9.17, 15) is 0 Å². The molecule has 2 nitrogen and oxygen atoms in total. The lowest BCUT2D eigenvalue weighted by atomic mass is 10.0. The number of rotatable bonds is 46. The van der Waals surface area contributed by atoms with Crippen molar-refractivity contribution >= 4 is 11.6 Å². The number of benzene rings is 2. The number of unbranched alkanes of at least 4 members (excludes halogenated alkanes) is 38. The van der Waals surface area contributed by atoms with Crippen LogP contribution >= 0.6 is 11.6 Å². The van der Waals surface area contributed by atoms with E-state index in [0.29, 0.717) is 0 Å². The Labute approximate surface area is 379 Å². The highest BCUT2D eigenvalue weighted by Crippen LogP contribution is 2.31. The molecule has 0 fully saturated rings. The normalized spacial score (nSPS) is 11.5. The third-order valence-corrected chi connectivity index (χ3v) is 13.4. The Morgan fingerprint density at radius 3 is 0.667 bits per heavy atom. The van der Waals surface area contributed by atoms with Crippen LogP contribution in [0.5, 0.6) is 11.5 Å². The van der Waals surface area contributed by atoms with Crippen molar-refractivity contribution in [2.45, 2.75) is 276 Å². The third-order valence-electron chi connectivity index (χ3n) is 12.9. The summed E-state index contributed by atoms with van der Waals surface area (Å²) in [6, 6.07) is 16.7. The van der Waals surface area contributed by atoms with Crippen LogP contribution in [-0.4, -0.2) is 13.2 Å². The van der Waals surface area contributed by atoms with E-state index in [1.807, 2.05) is 0 Å². The van der Waals surface area contributed by atoms with E-state index in [4.69, 9.17) is 21.1 Å². The fourth-order valence-corrected chi connectivity index (χ4v) is 9.04. The first kappa shape index (κ1) is 54.5. The number of halogens is 1. The average Bonchev–Trinajstić information content (AvgIpc) is 3.27. The smallest absolute Gasteiger partial charge is 0.119 e. The molecule has 0 saturated heterocycles. The fraction of sp³-hybridized carbons (Fsp3) is 0.789. The largest absolute Gasteiger partial charge is 0.494 e. The Hall–Kier alpha value is -1.67. The van der Waals surface area contributed by atoms with Crippen molar-refractivity contribution in [1.29, 1.82) is 0 Å². The maximum atomic E-state index is 6.89. The van der Waals surface area contributed by atoms with Crippen LogP contribution in [0.1, 0.15) is 287 Å². The second-order valence-electron chi connectivity index (χ2n) is 18.6. The monoisotopic (exact) mass is 851 g/mol. The third kappa shape index (κ3) is 33.0. The fourth-order valence-electron chi connectivity index (χ4n) is 8.75. The summed E-state index contributed by atoms with van der Waals surface area (Å²) in [5.74, 6) is 1.88. The number of ether oxygens (including phenoxy) is 2. The molecule has 2 aromatic rings. The van der Waals surface area contributed by atoms with Crippen LogP contribution in [0.4, 0.5) is 0 Å². The quantitative estimate of drug-likeness (QED) is 0.0488. The molecule has 0 aliphatic carbocycles. The zero-order valence-corrected chi connectivity index (χ0v) is 40.8. The summed E-state index contributed by atoms with van der Waals surface area (Å²) < 4.78 is 12.1. The van der Waals surface area contributed by atoms with Crippen molar-refractivity contribution < 1.29 is 9.47 Å². The van der Waals surface area contributed by atoms with Crippen LogP contribution < -0.4 is 9.47 Å². The molecule has 0 heterocycles. The molecule has 2 rings (SSSR count). The summed E-state index contributed by atoms with van der Waals surface area (Å²) >= 11 is 6.89. The summed E-state index contributed by atoms with van der Waals surface area (Å²) in [6.45, 7) is 6.19. The predicted octanol–water partition coefficient (Wildman–Crippen LogP) is 20.4. The summed E-state index contributed by atoms with van der Waals surface area (Å²) in [5, 5.41) is -0.179. The summed E-state index contributed by atoms with van der Waals surface area (Å²) in [5.41, 5.74) is 2.20. The van der Waals surface area contributed by atoms with Crippen molar-refractivity contribution in [2.75, 3.05) is 13.2 Å². The van der Waals surface area contributed by atoms with Gasteiger partial charge < -0.3 is 9.47 Å².